The van der Waals surface area contributed by atoms with E-state index in [4.69, 9.17) is 4.74 Å². The van der Waals surface area contributed by atoms with Gasteiger partial charge in [-0.1, -0.05) is 6.92 Å². The molecule has 0 aromatic carbocycles. The maximum atomic E-state index is 12.1. The van der Waals surface area contributed by atoms with Gasteiger partial charge in [0.05, 0.1) is 0 Å². The maximum absolute atomic E-state index is 12.1. The number of thioether (sulfide) groups is 1. The molecule has 1 N–H and O–H groups in total. The second-order valence-corrected chi connectivity index (χ2v) is 7.64. The zero-order valence-corrected chi connectivity index (χ0v) is 14.4. The Bertz CT molecular complexity index is 305. The van der Waals surface area contributed by atoms with Crippen molar-refractivity contribution in [2.24, 2.45) is 5.92 Å². The Morgan fingerprint density at radius 2 is 2.20 bits per heavy atom. The van der Waals surface area contributed by atoms with Crippen molar-refractivity contribution in [2.75, 3.05) is 31.6 Å². The Hall–Kier alpha value is -0.420. The topological polar surface area (TPSA) is 41.6 Å². The number of rotatable bonds is 5. The lowest BCUT2D eigenvalue weighted by Gasteiger charge is -2.35. The molecule has 2 atom stereocenters. The third-order valence-corrected chi connectivity index (χ3v) is 4.18. The quantitative estimate of drug-likeness (QED) is 0.848. The molecule has 0 aromatic heterocycles. The van der Waals surface area contributed by atoms with Gasteiger partial charge in [0.15, 0.2) is 0 Å². The first-order valence-corrected chi connectivity index (χ1v) is 8.91. The van der Waals surface area contributed by atoms with Crippen LogP contribution in [0.5, 0.6) is 0 Å². The minimum Gasteiger partial charge on any atom is -0.444 e. The van der Waals surface area contributed by atoms with Gasteiger partial charge in [0.25, 0.3) is 0 Å². The van der Waals surface area contributed by atoms with Crippen molar-refractivity contribution in [1.82, 2.24) is 10.2 Å². The molecule has 1 fully saturated rings. The Kier molecular flexibility index (Phi) is 7.17. The predicted octanol–water partition coefficient (Wildman–Crippen LogP) is 2.97. The highest BCUT2D eigenvalue weighted by molar-refractivity contribution is 7.98. The molecule has 0 aromatic rings. The van der Waals surface area contributed by atoms with Crippen molar-refractivity contribution in [3.63, 3.8) is 0 Å². The van der Waals surface area contributed by atoms with Gasteiger partial charge in [-0.2, -0.15) is 11.8 Å². The molecule has 118 valence electrons. The molecule has 0 aliphatic carbocycles. The minimum atomic E-state index is -0.412. The molecule has 1 rings (SSSR count). The summed E-state index contributed by atoms with van der Waals surface area (Å²) in [5.41, 5.74) is -0.412. The molecule has 0 saturated carbocycles. The number of amides is 1. The molecule has 20 heavy (non-hydrogen) atoms. The Balaban J connectivity index is 2.36. The number of ether oxygens (including phenoxy) is 1. The summed E-state index contributed by atoms with van der Waals surface area (Å²) in [6, 6.07) is 0.403. The van der Waals surface area contributed by atoms with Gasteiger partial charge in [0, 0.05) is 19.1 Å². The molecule has 0 bridgehead atoms. The van der Waals surface area contributed by atoms with E-state index in [1.807, 2.05) is 37.4 Å². The van der Waals surface area contributed by atoms with Gasteiger partial charge in [-0.15, -0.1) is 0 Å². The van der Waals surface area contributed by atoms with Crippen LogP contribution in [0.4, 0.5) is 4.79 Å². The number of piperidine rings is 1. The maximum Gasteiger partial charge on any atom is 0.410 e. The molecule has 0 spiro atoms. The summed E-state index contributed by atoms with van der Waals surface area (Å²) in [7, 11) is 0. The third kappa shape index (κ3) is 6.84. The van der Waals surface area contributed by atoms with Gasteiger partial charge >= 0.3 is 6.09 Å². The van der Waals surface area contributed by atoms with Crippen LogP contribution in [-0.4, -0.2) is 54.3 Å². The van der Waals surface area contributed by atoms with E-state index < -0.39 is 5.60 Å². The van der Waals surface area contributed by atoms with Crippen molar-refractivity contribution in [1.29, 1.82) is 0 Å². The van der Waals surface area contributed by atoms with Gasteiger partial charge < -0.3 is 15.0 Å². The van der Waals surface area contributed by atoms with E-state index in [1.54, 1.807) is 0 Å². The van der Waals surface area contributed by atoms with Gasteiger partial charge in [-0.3, -0.25) is 0 Å². The fourth-order valence-corrected chi connectivity index (χ4v) is 3.03. The van der Waals surface area contributed by atoms with Crippen LogP contribution in [0.3, 0.4) is 0 Å². The number of carbonyl (C=O) groups is 1. The monoisotopic (exact) mass is 302 g/mol. The van der Waals surface area contributed by atoms with Gasteiger partial charge in [-0.05, 0) is 58.1 Å². The molecule has 1 heterocycles. The lowest BCUT2D eigenvalue weighted by Crippen LogP contribution is -2.50. The Morgan fingerprint density at radius 1 is 1.50 bits per heavy atom. The average molecular weight is 302 g/mol. The standard InChI is InChI=1S/C15H30N2O2S/c1-12(11-20-5)9-16-13-7-6-8-17(10-13)14(18)19-15(2,3)4/h12-13,16H,6-11H2,1-5H3. The van der Waals surface area contributed by atoms with E-state index in [-0.39, 0.29) is 6.09 Å². The van der Waals surface area contributed by atoms with Crippen molar-refractivity contribution in [3.05, 3.63) is 0 Å². The Labute approximate surface area is 128 Å². The zero-order valence-electron chi connectivity index (χ0n) is 13.6. The highest BCUT2D eigenvalue weighted by Gasteiger charge is 2.27. The minimum absolute atomic E-state index is 0.179. The first-order chi connectivity index (χ1) is 9.31. The molecule has 5 heteroatoms. The van der Waals surface area contributed by atoms with E-state index in [1.165, 1.54) is 5.75 Å². The molecular weight excluding hydrogens is 272 g/mol. The fraction of sp³-hybridized carbons (Fsp3) is 0.933. The number of nitrogens with one attached hydrogen (secondary N) is 1. The lowest BCUT2D eigenvalue weighted by molar-refractivity contribution is 0.0187. The zero-order chi connectivity index (χ0) is 15.2. The number of carbonyl (C=O) groups excluding carboxylic acids is 1. The van der Waals surface area contributed by atoms with Crippen molar-refractivity contribution in [2.45, 2.75) is 52.2 Å². The van der Waals surface area contributed by atoms with Gasteiger partial charge in [-0.25, -0.2) is 4.79 Å². The molecule has 4 nitrogen and oxygen atoms in total. The highest BCUT2D eigenvalue weighted by Crippen LogP contribution is 2.15. The summed E-state index contributed by atoms with van der Waals surface area (Å²) in [6.07, 6.45) is 4.15. The van der Waals surface area contributed by atoms with Crippen molar-refractivity contribution < 1.29 is 9.53 Å². The van der Waals surface area contributed by atoms with Crippen molar-refractivity contribution in [3.8, 4) is 0 Å². The Morgan fingerprint density at radius 3 is 2.80 bits per heavy atom. The normalized spacial score (nSPS) is 21.6. The number of nitrogens with zero attached hydrogens (tertiary/aromatic N) is 1. The number of hydrogen-bond donors (Lipinski definition) is 1. The van der Waals surface area contributed by atoms with Crippen LogP contribution in [-0.2, 0) is 4.74 Å². The summed E-state index contributed by atoms with van der Waals surface area (Å²) in [5, 5.41) is 3.59. The third-order valence-electron chi connectivity index (χ3n) is 3.28. The SMILES string of the molecule is CSCC(C)CNC1CCCN(C(=O)OC(C)(C)C)C1. The van der Waals surface area contributed by atoms with Crippen LogP contribution in [0.15, 0.2) is 0 Å². The molecule has 1 amide bonds. The molecule has 2 unspecified atom stereocenters. The van der Waals surface area contributed by atoms with Gasteiger partial charge in [0.1, 0.15) is 5.60 Å². The van der Waals surface area contributed by atoms with Crippen LogP contribution in [0.25, 0.3) is 0 Å². The second kappa shape index (κ2) is 8.13. The first kappa shape index (κ1) is 17.6. The summed E-state index contributed by atoms with van der Waals surface area (Å²) in [5.74, 6) is 1.84. The number of likely N-dealkylation sites (tertiary alicyclic amines) is 1. The molecule has 0 radical (unpaired) electrons. The van der Waals surface area contributed by atoms with Crippen LogP contribution >= 0.6 is 11.8 Å². The summed E-state index contributed by atoms with van der Waals surface area (Å²) < 4.78 is 5.45. The van der Waals surface area contributed by atoms with Gasteiger partial charge in [0.2, 0.25) is 0 Å². The number of hydrogen-bond acceptors (Lipinski definition) is 4. The van der Waals surface area contributed by atoms with Crippen LogP contribution < -0.4 is 5.32 Å². The first-order valence-electron chi connectivity index (χ1n) is 7.52. The van der Waals surface area contributed by atoms with E-state index in [0.29, 0.717) is 12.0 Å². The van der Waals surface area contributed by atoms with E-state index in [2.05, 4.69) is 18.5 Å². The average Bonchev–Trinajstić information content (AvgIpc) is 2.35. The highest BCUT2D eigenvalue weighted by atomic mass is 32.2. The smallest absolute Gasteiger partial charge is 0.410 e. The lowest BCUT2D eigenvalue weighted by atomic mass is 10.1. The molecular formula is C15H30N2O2S. The van der Waals surface area contributed by atoms with Crippen LogP contribution in [0.1, 0.15) is 40.5 Å². The predicted molar refractivity (Wildman–Crippen MR) is 86.4 cm³/mol. The van der Waals surface area contributed by atoms with Crippen LogP contribution in [0, 0.1) is 5.92 Å². The molecule has 1 saturated heterocycles. The molecule has 1 aliphatic rings. The fourth-order valence-electron chi connectivity index (χ4n) is 2.35. The largest absolute Gasteiger partial charge is 0.444 e. The molecule has 1 aliphatic heterocycles. The second-order valence-electron chi connectivity index (χ2n) is 6.73. The van der Waals surface area contributed by atoms with Crippen molar-refractivity contribution >= 4 is 17.9 Å². The van der Waals surface area contributed by atoms with E-state index in [0.717, 1.165) is 32.5 Å². The van der Waals surface area contributed by atoms with E-state index >= 15 is 0 Å². The summed E-state index contributed by atoms with van der Waals surface area (Å²) >= 11 is 1.88. The summed E-state index contributed by atoms with van der Waals surface area (Å²) in [4.78, 5) is 13.9. The van der Waals surface area contributed by atoms with E-state index in [9.17, 15) is 4.79 Å². The van der Waals surface area contributed by atoms with Crippen LogP contribution in [0.2, 0.25) is 0 Å². The summed E-state index contributed by atoms with van der Waals surface area (Å²) in [6.45, 7) is 10.6.